The molecule has 0 aliphatic rings. The van der Waals surface area contributed by atoms with Gasteiger partial charge >= 0.3 is 0 Å². The molecule has 3 nitrogen and oxygen atoms in total. The highest BCUT2D eigenvalue weighted by molar-refractivity contribution is 5.99. The molecule has 0 aliphatic heterocycles. The maximum Gasteiger partial charge on any atom is 0.192 e. The van der Waals surface area contributed by atoms with Crippen molar-refractivity contribution in [3.63, 3.8) is 0 Å². The summed E-state index contributed by atoms with van der Waals surface area (Å²) in [5, 5.41) is 0. The minimum Gasteiger partial charge on any atom is -0.493 e. The molecule has 0 N–H and O–H groups in total. The molecule has 1 aromatic rings. The van der Waals surface area contributed by atoms with Gasteiger partial charge in [0.15, 0.2) is 5.78 Å². The topological polar surface area (TPSA) is 35.5 Å². The summed E-state index contributed by atoms with van der Waals surface area (Å²) >= 11 is 0. The van der Waals surface area contributed by atoms with Crippen molar-refractivity contribution in [3.05, 3.63) is 29.3 Å². The van der Waals surface area contributed by atoms with Crippen LogP contribution in [-0.4, -0.2) is 26.1 Å². The molecular weight excluding hydrogens is 216 g/mol. The molecule has 0 heterocycles. The van der Waals surface area contributed by atoms with Crippen molar-refractivity contribution >= 4 is 5.78 Å². The van der Waals surface area contributed by atoms with Crippen molar-refractivity contribution in [1.82, 2.24) is 0 Å². The third-order valence-corrected chi connectivity index (χ3v) is 2.47. The second-order valence-corrected chi connectivity index (χ2v) is 4.06. The number of ether oxygens (including phenoxy) is 2. The van der Waals surface area contributed by atoms with E-state index in [1.807, 2.05) is 25.1 Å². The first-order valence-corrected chi connectivity index (χ1v) is 5.94. The quantitative estimate of drug-likeness (QED) is 0.539. The highest BCUT2D eigenvalue weighted by Crippen LogP contribution is 2.21. The second kappa shape index (κ2) is 7.07. The summed E-state index contributed by atoms with van der Waals surface area (Å²) in [5.74, 6) is 0.619. The standard InChI is InChI=1S/C14H20O3/c1-4-5-8-17-14-7-6-11(2)9-12(14)13(15)10-16-3/h6-7,9H,4-5,8,10H2,1-3H3. The number of carbonyl (C=O) groups is 1. The van der Waals surface area contributed by atoms with Crippen LogP contribution in [-0.2, 0) is 4.74 Å². The molecule has 0 aliphatic carbocycles. The van der Waals surface area contributed by atoms with Crippen molar-refractivity contribution in [3.8, 4) is 5.75 Å². The number of carbonyl (C=O) groups excluding carboxylic acids is 1. The van der Waals surface area contributed by atoms with Gasteiger partial charge in [0.1, 0.15) is 12.4 Å². The number of benzene rings is 1. The average Bonchev–Trinajstić information content (AvgIpc) is 2.31. The van der Waals surface area contributed by atoms with E-state index in [0.29, 0.717) is 17.9 Å². The fourth-order valence-corrected chi connectivity index (χ4v) is 1.52. The molecule has 0 radical (unpaired) electrons. The van der Waals surface area contributed by atoms with Gasteiger partial charge in [-0.25, -0.2) is 0 Å². The van der Waals surface area contributed by atoms with E-state index < -0.39 is 0 Å². The van der Waals surface area contributed by atoms with Crippen LogP contribution in [0.1, 0.15) is 35.7 Å². The Hall–Kier alpha value is -1.35. The summed E-state index contributed by atoms with van der Waals surface area (Å²) in [6.45, 7) is 4.80. The van der Waals surface area contributed by atoms with Gasteiger partial charge in [-0.3, -0.25) is 4.79 Å². The van der Waals surface area contributed by atoms with E-state index in [9.17, 15) is 4.79 Å². The van der Waals surface area contributed by atoms with E-state index in [1.54, 1.807) is 0 Å². The van der Waals surface area contributed by atoms with Crippen molar-refractivity contribution in [2.75, 3.05) is 20.3 Å². The van der Waals surface area contributed by atoms with Crippen LogP contribution in [0.3, 0.4) is 0 Å². The molecule has 0 spiro atoms. The van der Waals surface area contributed by atoms with Gasteiger partial charge in [-0.15, -0.1) is 0 Å². The van der Waals surface area contributed by atoms with E-state index >= 15 is 0 Å². The average molecular weight is 236 g/mol. The Morgan fingerprint density at radius 2 is 2.12 bits per heavy atom. The molecule has 0 fully saturated rings. The van der Waals surface area contributed by atoms with Crippen LogP contribution in [0.4, 0.5) is 0 Å². The predicted molar refractivity (Wildman–Crippen MR) is 67.8 cm³/mol. The second-order valence-electron chi connectivity index (χ2n) is 4.06. The Labute approximate surface area is 103 Å². The lowest BCUT2D eigenvalue weighted by molar-refractivity contribution is 0.0844. The lowest BCUT2D eigenvalue weighted by Crippen LogP contribution is -2.10. The highest BCUT2D eigenvalue weighted by Gasteiger charge is 2.12. The van der Waals surface area contributed by atoms with Crippen LogP contribution >= 0.6 is 0 Å². The molecule has 0 aromatic heterocycles. The van der Waals surface area contributed by atoms with Crippen molar-refractivity contribution < 1.29 is 14.3 Å². The van der Waals surface area contributed by atoms with Gasteiger partial charge in [0.25, 0.3) is 0 Å². The van der Waals surface area contributed by atoms with Crippen molar-refractivity contribution in [2.24, 2.45) is 0 Å². The smallest absolute Gasteiger partial charge is 0.192 e. The van der Waals surface area contributed by atoms with Crippen LogP contribution in [0.25, 0.3) is 0 Å². The van der Waals surface area contributed by atoms with E-state index in [-0.39, 0.29) is 12.4 Å². The first-order valence-electron chi connectivity index (χ1n) is 5.94. The molecule has 1 aromatic carbocycles. The lowest BCUT2D eigenvalue weighted by Gasteiger charge is -2.11. The molecule has 0 saturated carbocycles. The van der Waals surface area contributed by atoms with Gasteiger partial charge in [-0.2, -0.15) is 0 Å². The maximum absolute atomic E-state index is 11.8. The largest absolute Gasteiger partial charge is 0.493 e. The van der Waals surface area contributed by atoms with Crippen LogP contribution in [0.2, 0.25) is 0 Å². The summed E-state index contributed by atoms with van der Waals surface area (Å²) in [5.41, 5.74) is 1.66. The van der Waals surface area contributed by atoms with Crippen LogP contribution in [0.15, 0.2) is 18.2 Å². The van der Waals surface area contributed by atoms with Gasteiger partial charge < -0.3 is 9.47 Å². The van der Waals surface area contributed by atoms with E-state index in [4.69, 9.17) is 9.47 Å². The summed E-state index contributed by atoms with van der Waals surface area (Å²) in [4.78, 5) is 11.8. The molecule has 0 unspecified atom stereocenters. The van der Waals surface area contributed by atoms with E-state index in [1.165, 1.54) is 7.11 Å². The fourth-order valence-electron chi connectivity index (χ4n) is 1.52. The number of hydrogen-bond donors (Lipinski definition) is 0. The third-order valence-electron chi connectivity index (χ3n) is 2.47. The van der Waals surface area contributed by atoms with Gasteiger partial charge in [0.2, 0.25) is 0 Å². The minimum absolute atomic E-state index is 0.0392. The van der Waals surface area contributed by atoms with Crippen LogP contribution in [0, 0.1) is 6.92 Å². The summed E-state index contributed by atoms with van der Waals surface area (Å²) in [7, 11) is 1.52. The summed E-state index contributed by atoms with van der Waals surface area (Å²) in [6, 6.07) is 5.65. The number of rotatable bonds is 7. The summed E-state index contributed by atoms with van der Waals surface area (Å²) < 4.78 is 10.5. The number of methoxy groups -OCH3 is 1. The number of Topliss-reactive ketones (excluding diaryl/α,β-unsaturated/α-hetero) is 1. The zero-order valence-electron chi connectivity index (χ0n) is 10.8. The zero-order chi connectivity index (χ0) is 12.7. The minimum atomic E-state index is -0.0392. The normalized spacial score (nSPS) is 10.3. The molecule has 17 heavy (non-hydrogen) atoms. The van der Waals surface area contributed by atoms with Gasteiger partial charge in [0, 0.05) is 7.11 Å². The predicted octanol–water partition coefficient (Wildman–Crippen LogP) is 3.00. The van der Waals surface area contributed by atoms with E-state index in [0.717, 1.165) is 18.4 Å². The summed E-state index contributed by atoms with van der Waals surface area (Å²) in [6.07, 6.45) is 2.07. The molecule has 0 saturated heterocycles. The number of aryl methyl sites for hydroxylation is 1. The van der Waals surface area contributed by atoms with E-state index in [2.05, 4.69) is 6.92 Å². The first-order chi connectivity index (χ1) is 8.19. The lowest BCUT2D eigenvalue weighted by atomic mass is 10.1. The molecule has 94 valence electrons. The first kappa shape index (κ1) is 13.7. The molecule has 0 atom stereocenters. The van der Waals surface area contributed by atoms with Gasteiger partial charge in [-0.1, -0.05) is 25.0 Å². The zero-order valence-corrected chi connectivity index (χ0v) is 10.8. The van der Waals surface area contributed by atoms with Crippen molar-refractivity contribution in [2.45, 2.75) is 26.7 Å². The molecule has 1 rings (SSSR count). The Bertz CT molecular complexity index is 372. The van der Waals surface area contributed by atoms with Crippen LogP contribution in [0.5, 0.6) is 5.75 Å². The van der Waals surface area contributed by atoms with Gasteiger partial charge in [-0.05, 0) is 25.5 Å². The Morgan fingerprint density at radius 3 is 2.76 bits per heavy atom. The molecule has 3 heteroatoms. The SMILES string of the molecule is CCCCOc1ccc(C)cc1C(=O)COC. The monoisotopic (exact) mass is 236 g/mol. The Kier molecular flexibility index (Phi) is 5.70. The molecule has 0 amide bonds. The Balaban J connectivity index is 2.83. The molecular formula is C14H20O3. The van der Waals surface area contributed by atoms with Crippen molar-refractivity contribution in [1.29, 1.82) is 0 Å². The number of unbranched alkanes of at least 4 members (excludes halogenated alkanes) is 1. The highest BCUT2D eigenvalue weighted by atomic mass is 16.5. The molecule has 0 bridgehead atoms. The number of ketones is 1. The third kappa shape index (κ3) is 4.19. The van der Waals surface area contributed by atoms with Crippen LogP contribution < -0.4 is 4.74 Å². The van der Waals surface area contributed by atoms with Gasteiger partial charge in [0.05, 0.1) is 12.2 Å². The Morgan fingerprint density at radius 1 is 1.35 bits per heavy atom. The maximum atomic E-state index is 11.8. The number of hydrogen-bond acceptors (Lipinski definition) is 3. The fraction of sp³-hybridized carbons (Fsp3) is 0.500.